The molecule has 2 heterocycles. The maximum atomic E-state index is 10.1. The molecule has 0 atom stereocenters. The van der Waals surface area contributed by atoms with E-state index in [4.69, 9.17) is 15.0 Å². The predicted octanol–water partition coefficient (Wildman–Crippen LogP) is 12.3. The minimum absolute atomic E-state index is 0.565. The van der Waals surface area contributed by atoms with Gasteiger partial charge in [-0.1, -0.05) is 115 Å². The van der Waals surface area contributed by atoms with E-state index >= 15 is 0 Å². The third-order valence-corrected chi connectivity index (χ3v) is 11.1. The number of thiophene rings is 1. The highest BCUT2D eigenvalue weighted by Gasteiger charge is 2.20. The van der Waals surface area contributed by atoms with Gasteiger partial charge in [0, 0.05) is 36.9 Å². The summed E-state index contributed by atoms with van der Waals surface area (Å²) in [5, 5.41) is 19.9. The normalized spacial score (nSPS) is 13.0. The molecule has 0 spiro atoms. The van der Waals surface area contributed by atoms with Crippen LogP contribution in [0.2, 0.25) is 0 Å². The minimum Gasteiger partial charge on any atom is -0.208 e. The summed E-state index contributed by atoms with van der Waals surface area (Å²) in [6, 6.07) is 47.3. The standard InChI is InChI=1S/C46H28N4S/c47-27-28-23-40(46-49-44(29-11-3-1-4-12-29)48-45(50-46)30-13-5-2-6-14-30)43-39-26-32(20-22-41(39)51-42(43)24-28)31-19-21-37-35-17-8-7-15-33(35)34-16-9-10-18-36(34)38(37)25-31/h1,3-5,7-26H,2,6H2. The summed E-state index contributed by atoms with van der Waals surface area (Å²) in [4.78, 5) is 15.1. The van der Waals surface area contributed by atoms with Crippen LogP contribution in [0.1, 0.15) is 24.2 Å². The molecule has 10 rings (SSSR count). The zero-order valence-corrected chi connectivity index (χ0v) is 28.3. The van der Waals surface area contributed by atoms with Gasteiger partial charge < -0.3 is 0 Å². The van der Waals surface area contributed by atoms with Crippen molar-refractivity contribution in [1.29, 1.82) is 5.26 Å². The van der Waals surface area contributed by atoms with Crippen LogP contribution in [0, 0.1) is 11.3 Å². The Kier molecular flexibility index (Phi) is 6.83. The first kappa shape index (κ1) is 29.4. The van der Waals surface area contributed by atoms with Gasteiger partial charge in [0.1, 0.15) is 0 Å². The fourth-order valence-corrected chi connectivity index (χ4v) is 8.69. The lowest BCUT2D eigenvalue weighted by atomic mass is 9.92. The lowest BCUT2D eigenvalue weighted by molar-refractivity contribution is 1.01. The van der Waals surface area contributed by atoms with Gasteiger partial charge in [-0.05, 0) is 86.6 Å². The van der Waals surface area contributed by atoms with E-state index in [1.165, 1.54) is 32.3 Å². The highest BCUT2D eigenvalue weighted by Crippen LogP contribution is 2.43. The summed E-state index contributed by atoms with van der Waals surface area (Å²) in [6.07, 6.45) is 8.41. The van der Waals surface area contributed by atoms with Crippen LogP contribution in [-0.4, -0.2) is 15.0 Å². The Morgan fingerprint density at radius 2 is 1.14 bits per heavy atom. The van der Waals surface area contributed by atoms with Crippen molar-refractivity contribution in [1.82, 2.24) is 15.0 Å². The molecular formula is C46H28N4S. The van der Waals surface area contributed by atoms with Gasteiger partial charge in [0.2, 0.25) is 0 Å². The van der Waals surface area contributed by atoms with E-state index in [9.17, 15) is 5.26 Å². The number of aromatic nitrogens is 3. The van der Waals surface area contributed by atoms with Gasteiger partial charge in [0.25, 0.3) is 0 Å². The molecule has 2 aromatic heterocycles. The summed E-state index contributed by atoms with van der Waals surface area (Å²) < 4.78 is 2.19. The molecule has 5 heteroatoms. The molecule has 0 amide bonds. The molecule has 4 nitrogen and oxygen atoms in total. The van der Waals surface area contributed by atoms with Crippen molar-refractivity contribution in [2.24, 2.45) is 0 Å². The molecule has 7 aromatic carbocycles. The van der Waals surface area contributed by atoms with Crippen molar-refractivity contribution in [2.75, 3.05) is 0 Å². The van der Waals surface area contributed by atoms with Gasteiger partial charge in [0.05, 0.1) is 11.6 Å². The van der Waals surface area contributed by atoms with Gasteiger partial charge in [-0.3, -0.25) is 0 Å². The van der Waals surface area contributed by atoms with Crippen LogP contribution in [-0.2, 0) is 0 Å². The maximum Gasteiger partial charge on any atom is 0.164 e. The number of hydrogen-bond acceptors (Lipinski definition) is 5. The number of nitrogens with zero attached hydrogens (tertiary/aromatic N) is 4. The quantitative estimate of drug-likeness (QED) is 0.175. The van der Waals surface area contributed by atoms with Crippen molar-refractivity contribution in [2.45, 2.75) is 12.8 Å². The van der Waals surface area contributed by atoms with E-state index in [0.717, 1.165) is 60.8 Å². The molecule has 0 saturated carbocycles. The average Bonchev–Trinajstić information content (AvgIpc) is 3.58. The molecule has 0 saturated heterocycles. The highest BCUT2D eigenvalue weighted by atomic mass is 32.1. The predicted molar refractivity (Wildman–Crippen MR) is 213 cm³/mol. The SMILES string of the molecule is N#Cc1cc(-c2nc(C3=CCCC=C3)nc(-c3ccccc3)n2)c2c(c1)sc1ccc(-c3ccc4c5ccccc5c5ccccc5c4c3)cc12. The third kappa shape index (κ3) is 4.92. The summed E-state index contributed by atoms with van der Waals surface area (Å²) in [5.41, 5.74) is 5.62. The first-order valence-electron chi connectivity index (χ1n) is 17.1. The van der Waals surface area contributed by atoms with Crippen molar-refractivity contribution >= 4 is 69.4 Å². The zero-order valence-electron chi connectivity index (χ0n) is 27.5. The second-order valence-electron chi connectivity index (χ2n) is 13.0. The number of hydrogen-bond donors (Lipinski definition) is 0. The van der Waals surface area contributed by atoms with E-state index in [1.54, 1.807) is 11.3 Å². The Balaban J connectivity index is 1.20. The smallest absolute Gasteiger partial charge is 0.164 e. The third-order valence-electron chi connectivity index (χ3n) is 9.94. The molecule has 9 aromatic rings. The number of nitriles is 1. The number of rotatable bonds is 4. The van der Waals surface area contributed by atoms with Crippen molar-refractivity contribution < 1.29 is 0 Å². The Morgan fingerprint density at radius 1 is 0.510 bits per heavy atom. The first-order valence-corrected chi connectivity index (χ1v) is 18.0. The molecular weight excluding hydrogens is 641 g/mol. The van der Waals surface area contributed by atoms with Crippen LogP contribution >= 0.6 is 11.3 Å². The van der Waals surface area contributed by atoms with E-state index in [2.05, 4.69) is 109 Å². The highest BCUT2D eigenvalue weighted by molar-refractivity contribution is 7.26. The molecule has 0 bridgehead atoms. The summed E-state index contributed by atoms with van der Waals surface area (Å²) in [5.74, 6) is 1.82. The molecule has 0 unspecified atom stereocenters. The van der Waals surface area contributed by atoms with Crippen molar-refractivity contribution in [3.05, 3.63) is 157 Å². The molecule has 1 aliphatic carbocycles. The topological polar surface area (TPSA) is 62.5 Å². The van der Waals surface area contributed by atoms with Gasteiger partial charge in [-0.2, -0.15) is 5.26 Å². The summed E-state index contributed by atoms with van der Waals surface area (Å²) in [6.45, 7) is 0. The number of fused-ring (bicyclic) bond motifs is 9. The first-order chi connectivity index (χ1) is 25.2. The Bertz CT molecular complexity index is 2950. The zero-order chi connectivity index (χ0) is 33.9. The summed E-state index contributed by atoms with van der Waals surface area (Å²) >= 11 is 1.70. The van der Waals surface area contributed by atoms with E-state index < -0.39 is 0 Å². The molecule has 238 valence electrons. The minimum atomic E-state index is 0.565. The molecule has 1 aliphatic rings. The van der Waals surface area contributed by atoms with Crippen LogP contribution in [0.4, 0.5) is 0 Å². The lowest BCUT2D eigenvalue weighted by Gasteiger charge is -2.12. The van der Waals surface area contributed by atoms with Crippen LogP contribution < -0.4 is 0 Å². The van der Waals surface area contributed by atoms with Gasteiger partial charge >= 0.3 is 0 Å². The number of allylic oxidation sites excluding steroid dienone is 4. The number of benzene rings is 7. The van der Waals surface area contributed by atoms with Crippen molar-refractivity contribution in [3.63, 3.8) is 0 Å². The van der Waals surface area contributed by atoms with Gasteiger partial charge in [-0.15, -0.1) is 11.3 Å². The Morgan fingerprint density at radius 3 is 1.84 bits per heavy atom. The van der Waals surface area contributed by atoms with Crippen LogP contribution in [0.3, 0.4) is 0 Å². The summed E-state index contributed by atoms with van der Waals surface area (Å²) in [7, 11) is 0. The van der Waals surface area contributed by atoms with Crippen LogP contribution in [0.5, 0.6) is 0 Å². The fourth-order valence-electron chi connectivity index (χ4n) is 7.54. The van der Waals surface area contributed by atoms with Gasteiger partial charge in [0.15, 0.2) is 17.5 Å². The average molecular weight is 669 g/mol. The Labute approximate surface area is 298 Å². The van der Waals surface area contributed by atoms with E-state index in [0.29, 0.717) is 23.0 Å². The second kappa shape index (κ2) is 11.8. The molecule has 0 aliphatic heterocycles. The van der Waals surface area contributed by atoms with E-state index in [-0.39, 0.29) is 0 Å². The monoisotopic (exact) mass is 668 g/mol. The molecule has 0 fully saturated rings. The van der Waals surface area contributed by atoms with Crippen LogP contribution in [0.15, 0.2) is 146 Å². The molecule has 51 heavy (non-hydrogen) atoms. The second-order valence-corrected chi connectivity index (χ2v) is 14.1. The largest absolute Gasteiger partial charge is 0.208 e. The fraction of sp³-hybridized carbons (Fsp3) is 0.0435. The Hall–Kier alpha value is -6.48. The molecule has 0 radical (unpaired) electrons. The maximum absolute atomic E-state index is 10.1. The lowest BCUT2D eigenvalue weighted by Crippen LogP contribution is -2.03. The molecule has 0 N–H and O–H groups in total. The van der Waals surface area contributed by atoms with Gasteiger partial charge in [-0.25, -0.2) is 15.0 Å². The van der Waals surface area contributed by atoms with Crippen molar-refractivity contribution in [3.8, 4) is 40.0 Å². The van der Waals surface area contributed by atoms with E-state index in [1.807, 2.05) is 42.5 Å². The van der Waals surface area contributed by atoms with Crippen LogP contribution in [0.25, 0.3) is 92.0 Å².